The van der Waals surface area contributed by atoms with Crippen LogP contribution in [0.2, 0.25) is 0 Å². The Morgan fingerprint density at radius 3 is 2.46 bits per heavy atom. The van der Waals surface area contributed by atoms with Crippen molar-refractivity contribution < 1.29 is 24.2 Å². The molecule has 5 heteroatoms. The van der Waals surface area contributed by atoms with Crippen molar-refractivity contribution in [2.24, 2.45) is 22.7 Å². The number of carbonyl (C=O) groups excluding carboxylic acids is 2. The molecule has 3 atom stereocenters. The van der Waals surface area contributed by atoms with Gasteiger partial charge < -0.3 is 14.6 Å². The van der Waals surface area contributed by atoms with Gasteiger partial charge >= 0.3 is 11.9 Å². The maximum absolute atomic E-state index is 12.2. The Kier molecular flexibility index (Phi) is 5.14. The summed E-state index contributed by atoms with van der Waals surface area (Å²) in [5.74, 6) is -1.27. The number of esters is 2. The number of ether oxygens (including phenoxy) is 2. The fourth-order valence-electron chi connectivity index (χ4n) is 3.83. The van der Waals surface area contributed by atoms with Crippen LogP contribution < -0.4 is 0 Å². The molecule has 0 heterocycles. The van der Waals surface area contributed by atoms with Gasteiger partial charge in [0.1, 0.15) is 0 Å². The molecule has 0 aliphatic heterocycles. The van der Waals surface area contributed by atoms with Gasteiger partial charge in [-0.15, -0.1) is 0 Å². The van der Waals surface area contributed by atoms with E-state index in [-0.39, 0.29) is 35.8 Å². The molecule has 0 fully saturated rings. The van der Waals surface area contributed by atoms with Crippen molar-refractivity contribution in [1.82, 2.24) is 0 Å². The first kappa shape index (κ1) is 19.0. The third-order valence-electron chi connectivity index (χ3n) is 5.26. The Labute approximate surface area is 144 Å². The van der Waals surface area contributed by atoms with E-state index in [2.05, 4.69) is 0 Å². The van der Waals surface area contributed by atoms with E-state index in [1.807, 2.05) is 13.8 Å². The van der Waals surface area contributed by atoms with Gasteiger partial charge in [0.2, 0.25) is 0 Å². The third kappa shape index (κ3) is 3.51. The average Bonchev–Trinajstić information content (AvgIpc) is 2.72. The molecule has 0 aromatic carbocycles. The highest BCUT2D eigenvalue weighted by atomic mass is 16.5. The summed E-state index contributed by atoms with van der Waals surface area (Å²) < 4.78 is 10.4. The molecule has 0 unspecified atom stereocenters. The highest BCUT2D eigenvalue weighted by molar-refractivity contribution is 5.76. The summed E-state index contributed by atoms with van der Waals surface area (Å²) in [7, 11) is 1.37. The van der Waals surface area contributed by atoms with E-state index in [1.54, 1.807) is 20.8 Å². The Morgan fingerprint density at radius 2 is 1.92 bits per heavy atom. The molecular weight excluding hydrogens is 308 g/mol. The van der Waals surface area contributed by atoms with Gasteiger partial charge in [-0.1, -0.05) is 19.4 Å². The number of aliphatic hydroxyl groups is 1. The summed E-state index contributed by atoms with van der Waals surface area (Å²) in [6.07, 6.45) is 1.67. The quantitative estimate of drug-likeness (QED) is 0.633. The van der Waals surface area contributed by atoms with Gasteiger partial charge in [-0.25, -0.2) is 0 Å². The van der Waals surface area contributed by atoms with Crippen LogP contribution in [0.5, 0.6) is 0 Å². The standard InChI is InChI=1S/C19H30O5/c1-18(2,3)17(22)24-10-13-12(16(21)23-6)8-7-11-9-19(4,5)15(20)14(11)13/h12-13,15,20H,7-10H2,1-6H3/t12-,13-,15-/m1/s1. The predicted octanol–water partition coefficient (Wildman–Crippen LogP) is 2.86. The molecule has 24 heavy (non-hydrogen) atoms. The SMILES string of the molecule is COC(=O)[C@@H]1CCC2=C([C@@H](O)C(C)(C)C2)[C@@H]1COC(=O)C(C)(C)C. The van der Waals surface area contributed by atoms with Crippen LogP contribution in [0.25, 0.3) is 0 Å². The van der Waals surface area contributed by atoms with Gasteiger partial charge in [0.25, 0.3) is 0 Å². The fraction of sp³-hybridized carbons (Fsp3) is 0.789. The molecule has 0 bridgehead atoms. The molecule has 0 saturated heterocycles. The molecule has 0 spiro atoms. The second-order valence-corrected chi connectivity index (χ2v) is 8.75. The Morgan fingerprint density at radius 1 is 1.29 bits per heavy atom. The average molecular weight is 338 g/mol. The molecule has 2 rings (SSSR count). The minimum Gasteiger partial charge on any atom is -0.469 e. The van der Waals surface area contributed by atoms with Crippen LogP contribution in [0.3, 0.4) is 0 Å². The van der Waals surface area contributed by atoms with Crippen LogP contribution in [-0.4, -0.2) is 36.9 Å². The van der Waals surface area contributed by atoms with Crippen LogP contribution in [-0.2, 0) is 19.1 Å². The molecule has 1 N–H and O–H groups in total. The highest BCUT2D eigenvalue weighted by Gasteiger charge is 2.48. The van der Waals surface area contributed by atoms with E-state index < -0.39 is 11.5 Å². The molecule has 0 amide bonds. The number of allylic oxidation sites excluding steroid dienone is 1. The Bertz CT molecular complexity index is 553. The minimum atomic E-state index is -0.613. The Balaban J connectivity index is 2.27. The topological polar surface area (TPSA) is 72.8 Å². The molecular formula is C19H30O5. The van der Waals surface area contributed by atoms with E-state index in [1.165, 1.54) is 12.7 Å². The summed E-state index contributed by atoms with van der Waals surface area (Å²) in [5.41, 5.74) is 1.26. The lowest BCUT2D eigenvalue weighted by Gasteiger charge is -2.34. The summed E-state index contributed by atoms with van der Waals surface area (Å²) >= 11 is 0. The van der Waals surface area contributed by atoms with Crippen LogP contribution in [0, 0.1) is 22.7 Å². The van der Waals surface area contributed by atoms with Crippen LogP contribution in [0.1, 0.15) is 53.9 Å². The van der Waals surface area contributed by atoms with Crippen LogP contribution in [0.4, 0.5) is 0 Å². The lowest BCUT2D eigenvalue weighted by molar-refractivity contribution is -0.158. The fourth-order valence-corrected chi connectivity index (χ4v) is 3.83. The van der Waals surface area contributed by atoms with Gasteiger partial charge in [-0.3, -0.25) is 9.59 Å². The maximum Gasteiger partial charge on any atom is 0.311 e. The van der Waals surface area contributed by atoms with Gasteiger partial charge in [0, 0.05) is 5.92 Å². The zero-order valence-electron chi connectivity index (χ0n) is 15.6. The van der Waals surface area contributed by atoms with Crippen molar-refractivity contribution in [2.75, 3.05) is 13.7 Å². The van der Waals surface area contributed by atoms with Gasteiger partial charge in [-0.05, 0) is 51.0 Å². The van der Waals surface area contributed by atoms with Gasteiger partial charge in [0.05, 0.1) is 31.2 Å². The molecule has 0 radical (unpaired) electrons. The smallest absolute Gasteiger partial charge is 0.311 e. The first-order valence-corrected chi connectivity index (χ1v) is 8.64. The summed E-state index contributed by atoms with van der Waals surface area (Å²) in [5, 5.41) is 10.8. The lowest BCUT2D eigenvalue weighted by Crippen LogP contribution is -2.38. The van der Waals surface area contributed by atoms with Crippen LogP contribution in [0.15, 0.2) is 11.1 Å². The Hall–Kier alpha value is -1.36. The number of carbonyl (C=O) groups is 2. The van der Waals surface area contributed by atoms with Crippen molar-refractivity contribution in [3.8, 4) is 0 Å². The minimum absolute atomic E-state index is 0.113. The second-order valence-electron chi connectivity index (χ2n) is 8.75. The monoisotopic (exact) mass is 338 g/mol. The molecule has 2 aliphatic rings. The lowest BCUT2D eigenvalue weighted by atomic mass is 9.75. The molecule has 136 valence electrons. The highest BCUT2D eigenvalue weighted by Crippen LogP contribution is 2.51. The van der Waals surface area contributed by atoms with Crippen molar-refractivity contribution >= 4 is 11.9 Å². The van der Waals surface area contributed by atoms with E-state index in [0.29, 0.717) is 6.42 Å². The summed E-state index contributed by atoms with van der Waals surface area (Å²) in [4.78, 5) is 24.3. The second kappa shape index (κ2) is 6.51. The zero-order chi connectivity index (χ0) is 18.3. The summed E-state index contributed by atoms with van der Waals surface area (Å²) in [6, 6.07) is 0. The van der Waals surface area contributed by atoms with E-state index in [9.17, 15) is 14.7 Å². The van der Waals surface area contributed by atoms with Crippen molar-refractivity contribution in [3.05, 3.63) is 11.1 Å². The summed E-state index contributed by atoms with van der Waals surface area (Å²) in [6.45, 7) is 9.56. The van der Waals surface area contributed by atoms with Crippen LogP contribution >= 0.6 is 0 Å². The maximum atomic E-state index is 12.2. The number of hydrogen-bond acceptors (Lipinski definition) is 5. The molecule has 0 aromatic rings. The normalized spacial score (nSPS) is 29.2. The number of methoxy groups -OCH3 is 1. The third-order valence-corrected chi connectivity index (χ3v) is 5.26. The van der Waals surface area contributed by atoms with Gasteiger partial charge in [0.15, 0.2) is 0 Å². The predicted molar refractivity (Wildman–Crippen MR) is 90.1 cm³/mol. The van der Waals surface area contributed by atoms with E-state index >= 15 is 0 Å². The van der Waals surface area contributed by atoms with E-state index in [4.69, 9.17) is 9.47 Å². The number of hydrogen-bond donors (Lipinski definition) is 1. The first-order valence-electron chi connectivity index (χ1n) is 8.64. The van der Waals surface area contributed by atoms with Gasteiger partial charge in [-0.2, -0.15) is 0 Å². The van der Waals surface area contributed by atoms with Crippen molar-refractivity contribution in [3.63, 3.8) is 0 Å². The molecule has 2 aliphatic carbocycles. The van der Waals surface area contributed by atoms with E-state index in [0.717, 1.165) is 18.4 Å². The zero-order valence-corrected chi connectivity index (χ0v) is 15.6. The molecule has 0 aromatic heterocycles. The number of rotatable bonds is 3. The molecule has 0 saturated carbocycles. The first-order chi connectivity index (χ1) is 11.0. The van der Waals surface area contributed by atoms with Crippen molar-refractivity contribution in [1.29, 1.82) is 0 Å². The number of aliphatic hydroxyl groups excluding tert-OH is 1. The largest absolute Gasteiger partial charge is 0.469 e. The molecule has 5 nitrogen and oxygen atoms in total. The van der Waals surface area contributed by atoms with Crippen molar-refractivity contribution in [2.45, 2.75) is 60.0 Å².